The summed E-state index contributed by atoms with van der Waals surface area (Å²) in [4.78, 5) is 11.8. The average molecular weight is 425 g/mol. The van der Waals surface area contributed by atoms with Gasteiger partial charge in [0.25, 0.3) is 0 Å². The number of nitrogens with zero attached hydrogens (tertiary/aromatic N) is 5. The Labute approximate surface area is 177 Å². The minimum Gasteiger partial charge on any atom is -0.383 e. The summed E-state index contributed by atoms with van der Waals surface area (Å²) in [5, 5.41) is 6.41. The highest BCUT2D eigenvalue weighted by Crippen LogP contribution is 2.35. The minimum atomic E-state index is 0.441. The van der Waals surface area contributed by atoms with Gasteiger partial charge in [-0.1, -0.05) is 53.5 Å². The number of halogens is 2. The summed E-state index contributed by atoms with van der Waals surface area (Å²) < 4.78 is 1.61. The zero-order chi connectivity index (χ0) is 20.0. The molecule has 6 nitrogen and oxygen atoms in total. The van der Waals surface area contributed by atoms with E-state index in [1.807, 2.05) is 30.3 Å². The van der Waals surface area contributed by atoms with Crippen LogP contribution in [0.5, 0.6) is 0 Å². The average Bonchev–Trinajstić information content (AvgIpc) is 3.37. The molecule has 0 radical (unpaired) electrons. The molecule has 5 rings (SSSR count). The van der Waals surface area contributed by atoms with Crippen molar-refractivity contribution >= 4 is 46.0 Å². The molecule has 2 N–H and O–H groups in total. The van der Waals surface area contributed by atoms with Crippen molar-refractivity contribution in [3.63, 3.8) is 0 Å². The lowest BCUT2D eigenvalue weighted by Gasteiger charge is -2.16. The maximum Gasteiger partial charge on any atom is 0.228 e. The number of hydrogen-bond acceptors (Lipinski definition) is 5. The molecule has 2 aromatic carbocycles. The standard InChI is InChI=1S/C21H18Cl2N6/c22-14-8-9-16(15(23)12-14)29-19(24)17-18(13-6-2-1-3-7-13)25-21(26-20(17)27-29)28-10-4-5-11-28/h1-3,6-9,12H,4-5,10-11,24H2. The molecule has 0 aliphatic carbocycles. The van der Waals surface area contributed by atoms with Crippen LogP contribution in [-0.2, 0) is 0 Å². The summed E-state index contributed by atoms with van der Waals surface area (Å²) in [5.74, 6) is 1.12. The van der Waals surface area contributed by atoms with E-state index in [-0.39, 0.29) is 0 Å². The van der Waals surface area contributed by atoms with E-state index in [2.05, 4.69) is 10.00 Å². The van der Waals surface area contributed by atoms with E-state index in [0.717, 1.165) is 37.2 Å². The number of anilines is 2. The molecule has 29 heavy (non-hydrogen) atoms. The third-order valence-electron chi connectivity index (χ3n) is 5.13. The van der Waals surface area contributed by atoms with Crippen molar-refractivity contribution in [2.75, 3.05) is 23.7 Å². The van der Waals surface area contributed by atoms with Crippen LogP contribution in [0, 0.1) is 0 Å². The van der Waals surface area contributed by atoms with Gasteiger partial charge < -0.3 is 10.6 Å². The van der Waals surface area contributed by atoms with Gasteiger partial charge in [-0.3, -0.25) is 0 Å². The van der Waals surface area contributed by atoms with Crippen molar-refractivity contribution in [2.45, 2.75) is 12.8 Å². The zero-order valence-electron chi connectivity index (χ0n) is 15.5. The molecule has 146 valence electrons. The highest BCUT2D eigenvalue weighted by Gasteiger charge is 2.23. The van der Waals surface area contributed by atoms with Gasteiger partial charge in [-0.2, -0.15) is 4.98 Å². The van der Waals surface area contributed by atoms with E-state index in [4.69, 9.17) is 38.9 Å². The van der Waals surface area contributed by atoms with Crippen molar-refractivity contribution in [1.29, 1.82) is 0 Å². The van der Waals surface area contributed by atoms with Gasteiger partial charge in [-0.25, -0.2) is 9.67 Å². The van der Waals surface area contributed by atoms with Crippen molar-refractivity contribution in [2.24, 2.45) is 0 Å². The van der Waals surface area contributed by atoms with E-state index in [0.29, 0.717) is 38.5 Å². The fourth-order valence-electron chi connectivity index (χ4n) is 3.70. The van der Waals surface area contributed by atoms with Crippen molar-refractivity contribution in [3.05, 3.63) is 58.6 Å². The maximum atomic E-state index is 6.53. The fourth-order valence-corrected chi connectivity index (χ4v) is 4.19. The molecule has 8 heteroatoms. The highest BCUT2D eigenvalue weighted by molar-refractivity contribution is 6.35. The summed E-state index contributed by atoms with van der Waals surface area (Å²) in [6.07, 6.45) is 2.28. The normalized spacial score (nSPS) is 14.1. The van der Waals surface area contributed by atoms with E-state index < -0.39 is 0 Å². The molecule has 1 aliphatic heterocycles. The van der Waals surface area contributed by atoms with Gasteiger partial charge in [-0.05, 0) is 31.0 Å². The van der Waals surface area contributed by atoms with Crippen molar-refractivity contribution < 1.29 is 0 Å². The lowest BCUT2D eigenvalue weighted by atomic mass is 10.1. The summed E-state index contributed by atoms with van der Waals surface area (Å²) in [6.45, 7) is 1.89. The molecule has 0 saturated carbocycles. The monoisotopic (exact) mass is 424 g/mol. The van der Waals surface area contributed by atoms with Crippen LogP contribution in [0.25, 0.3) is 28.0 Å². The number of nitrogen functional groups attached to an aromatic ring is 1. The van der Waals surface area contributed by atoms with Crippen LogP contribution in [0.2, 0.25) is 10.0 Å². The number of benzene rings is 2. The molecular weight excluding hydrogens is 407 g/mol. The number of hydrogen-bond donors (Lipinski definition) is 1. The van der Waals surface area contributed by atoms with Crippen LogP contribution < -0.4 is 10.6 Å². The maximum absolute atomic E-state index is 6.53. The number of fused-ring (bicyclic) bond motifs is 1. The Morgan fingerprint density at radius 1 is 0.931 bits per heavy atom. The SMILES string of the molecule is Nc1c2c(-c3ccccc3)nc(N3CCCC3)nc2nn1-c1ccc(Cl)cc1Cl. The van der Waals surface area contributed by atoms with Crippen LogP contribution in [0.15, 0.2) is 48.5 Å². The van der Waals surface area contributed by atoms with Gasteiger partial charge in [0, 0.05) is 23.7 Å². The van der Waals surface area contributed by atoms with E-state index in [9.17, 15) is 0 Å². The molecule has 3 heterocycles. The van der Waals surface area contributed by atoms with E-state index >= 15 is 0 Å². The molecule has 0 atom stereocenters. The number of nitrogens with two attached hydrogens (primary N) is 1. The Kier molecular flexibility index (Phi) is 4.53. The second-order valence-electron chi connectivity index (χ2n) is 7.02. The molecule has 1 fully saturated rings. The molecule has 0 spiro atoms. The topological polar surface area (TPSA) is 72.9 Å². The lowest BCUT2D eigenvalue weighted by molar-refractivity contribution is 0.883. The molecule has 0 amide bonds. The molecule has 1 saturated heterocycles. The van der Waals surface area contributed by atoms with E-state index in [1.165, 1.54) is 0 Å². The summed E-state index contributed by atoms with van der Waals surface area (Å²) >= 11 is 12.5. The third-order valence-corrected chi connectivity index (χ3v) is 5.67. The van der Waals surface area contributed by atoms with E-state index in [1.54, 1.807) is 22.9 Å². The first-order valence-electron chi connectivity index (χ1n) is 9.44. The first kappa shape index (κ1) is 18.2. The summed E-state index contributed by atoms with van der Waals surface area (Å²) in [7, 11) is 0. The zero-order valence-corrected chi connectivity index (χ0v) is 17.0. The Morgan fingerprint density at radius 2 is 1.69 bits per heavy atom. The molecule has 4 aromatic rings. The second-order valence-corrected chi connectivity index (χ2v) is 7.87. The molecular formula is C21H18Cl2N6. The first-order valence-corrected chi connectivity index (χ1v) is 10.2. The Bertz CT molecular complexity index is 1200. The van der Waals surface area contributed by atoms with Gasteiger partial charge in [-0.15, -0.1) is 5.10 Å². The predicted octanol–water partition coefficient (Wildman–Crippen LogP) is 4.97. The number of aromatic nitrogens is 4. The Balaban J connectivity index is 1.77. The summed E-state index contributed by atoms with van der Waals surface area (Å²) in [6, 6.07) is 15.2. The lowest BCUT2D eigenvalue weighted by Crippen LogP contribution is -2.20. The van der Waals surface area contributed by atoms with Gasteiger partial charge >= 0.3 is 0 Å². The molecule has 0 bridgehead atoms. The molecule has 1 aliphatic rings. The van der Waals surface area contributed by atoms with Crippen LogP contribution in [-0.4, -0.2) is 32.8 Å². The smallest absolute Gasteiger partial charge is 0.228 e. The van der Waals surface area contributed by atoms with Gasteiger partial charge in [0.1, 0.15) is 5.82 Å². The minimum absolute atomic E-state index is 0.441. The number of rotatable bonds is 3. The van der Waals surface area contributed by atoms with Crippen LogP contribution in [0.1, 0.15) is 12.8 Å². The van der Waals surface area contributed by atoms with Crippen LogP contribution in [0.4, 0.5) is 11.8 Å². The Hall–Kier alpha value is -2.83. The molecule has 2 aromatic heterocycles. The quantitative estimate of drug-likeness (QED) is 0.502. The predicted molar refractivity (Wildman–Crippen MR) is 118 cm³/mol. The first-order chi connectivity index (χ1) is 14.1. The third kappa shape index (κ3) is 3.18. The van der Waals surface area contributed by atoms with Gasteiger partial charge in [0.05, 0.1) is 21.8 Å². The van der Waals surface area contributed by atoms with Gasteiger partial charge in [0.15, 0.2) is 5.65 Å². The summed E-state index contributed by atoms with van der Waals surface area (Å²) in [5.41, 5.74) is 9.46. The largest absolute Gasteiger partial charge is 0.383 e. The van der Waals surface area contributed by atoms with Crippen LogP contribution >= 0.6 is 23.2 Å². The molecule has 0 unspecified atom stereocenters. The van der Waals surface area contributed by atoms with Crippen molar-refractivity contribution in [3.8, 4) is 16.9 Å². The van der Waals surface area contributed by atoms with Gasteiger partial charge in [0.2, 0.25) is 5.95 Å². The Morgan fingerprint density at radius 3 is 2.41 bits per heavy atom. The fraction of sp³-hybridized carbons (Fsp3) is 0.190. The van der Waals surface area contributed by atoms with Crippen LogP contribution in [0.3, 0.4) is 0 Å². The highest BCUT2D eigenvalue weighted by atomic mass is 35.5. The second kappa shape index (κ2) is 7.21. The van der Waals surface area contributed by atoms with Crippen molar-refractivity contribution in [1.82, 2.24) is 19.7 Å².